The molecule has 0 bridgehead atoms. The van der Waals surface area contributed by atoms with Gasteiger partial charge in [-0.25, -0.2) is 13.4 Å². The van der Waals surface area contributed by atoms with Crippen molar-refractivity contribution in [3.63, 3.8) is 0 Å². The molecule has 0 unspecified atom stereocenters. The van der Waals surface area contributed by atoms with Crippen LogP contribution in [0.5, 0.6) is 0 Å². The van der Waals surface area contributed by atoms with E-state index in [1.165, 1.54) is 0 Å². The largest absolute Gasteiger partial charge is 0.433 e. The number of aliphatic hydroxyl groups excluding tert-OH is 1. The van der Waals surface area contributed by atoms with E-state index >= 15 is 0 Å². The SMILES string of the molecule is O=S(=O)(c1ccc(C(F)(F)F)nc1Cl)N1CC[C@](O)(CO)C1. The van der Waals surface area contributed by atoms with E-state index in [4.69, 9.17) is 16.7 Å². The Hall–Kier alpha value is -0.940. The number of halogens is 4. The lowest BCUT2D eigenvalue weighted by molar-refractivity contribution is -0.141. The van der Waals surface area contributed by atoms with E-state index in [1.807, 2.05) is 0 Å². The smallest absolute Gasteiger partial charge is 0.393 e. The van der Waals surface area contributed by atoms with E-state index in [-0.39, 0.29) is 19.5 Å². The molecule has 0 saturated carbocycles. The zero-order chi connectivity index (χ0) is 16.8. The summed E-state index contributed by atoms with van der Waals surface area (Å²) in [6.07, 6.45) is -4.73. The van der Waals surface area contributed by atoms with Gasteiger partial charge in [-0.05, 0) is 18.6 Å². The molecule has 2 rings (SSSR count). The van der Waals surface area contributed by atoms with E-state index in [0.29, 0.717) is 6.07 Å². The van der Waals surface area contributed by atoms with Crippen LogP contribution in [-0.4, -0.2) is 53.2 Å². The number of hydrogen-bond donors (Lipinski definition) is 2. The topological polar surface area (TPSA) is 90.7 Å². The number of pyridine rings is 1. The third-order valence-electron chi connectivity index (χ3n) is 3.31. The van der Waals surface area contributed by atoms with Crippen molar-refractivity contribution in [3.05, 3.63) is 23.0 Å². The van der Waals surface area contributed by atoms with Gasteiger partial charge >= 0.3 is 6.18 Å². The first-order valence-electron chi connectivity index (χ1n) is 6.07. The van der Waals surface area contributed by atoms with Gasteiger partial charge in [-0.15, -0.1) is 0 Å². The maximum Gasteiger partial charge on any atom is 0.433 e. The zero-order valence-corrected chi connectivity index (χ0v) is 12.6. The molecule has 0 spiro atoms. The first kappa shape index (κ1) is 17.4. The molecule has 0 aliphatic carbocycles. The Balaban J connectivity index is 2.35. The lowest BCUT2D eigenvalue weighted by Crippen LogP contribution is -2.38. The summed E-state index contributed by atoms with van der Waals surface area (Å²) in [5.41, 5.74) is -2.87. The standard InChI is InChI=1S/C11H12ClF3N2O4S/c12-9-7(1-2-8(16-9)11(13,14)15)22(20,21)17-4-3-10(19,5-17)6-18/h1-2,18-19H,3-6H2/t10-/m1/s1. The number of hydrogen-bond acceptors (Lipinski definition) is 5. The maximum atomic E-state index is 12.5. The van der Waals surface area contributed by atoms with Gasteiger partial charge in [0, 0.05) is 13.1 Å². The molecule has 1 aliphatic rings. The molecule has 6 nitrogen and oxygen atoms in total. The van der Waals surface area contributed by atoms with Gasteiger partial charge in [-0.1, -0.05) is 11.6 Å². The molecule has 22 heavy (non-hydrogen) atoms. The van der Waals surface area contributed by atoms with Gasteiger partial charge in [-0.2, -0.15) is 17.5 Å². The Morgan fingerprint density at radius 1 is 1.41 bits per heavy atom. The Labute approximate surface area is 129 Å². The number of rotatable bonds is 3. The van der Waals surface area contributed by atoms with E-state index in [0.717, 1.165) is 10.4 Å². The summed E-state index contributed by atoms with van der Waals surface area (Å²) in [7, 11) is -4.21. The summed E-state index contributed by atoms with van der Waals surface area (Å²) in [5.74, 6) is 0. The quantitative estimate of drug-likeness (QED) is 0.781. The van der Waals surface area contributed by atoms with Crippen LogP contribution in [0.3, 0.4) is 0 Å². The number of β-amino-alcohol motifs (C(OH)–C–C–N with tert-alkyl or cyclic N) is 1. The van der Waals surface area contributed by atoms with Crippen molar-refractivity contribution in [1.82, 2.24) is 9.29 Å². The second kappa shape index (κ2) is 5.60. The van der Waals surface area contributed by atoms with Crippen LogP contribution in [0.25, 0.3) is 0 Å². The van der Waals surface area contributed by atoms with Crippen LogP contribution in [0.4, 0.5) is 13.2 Å². The van der Waals surface area contributed by atoms with Crippen LogP contribution in [0.2, 0.25) is 5.15 Å². The highest BCUT2D eigenvalue weighted by Crippen LogP contribution is 2.33. The molecule has 1 aromatic heterocycles. The lowest BCUT2D eigenvalue weighted by Gasteiger charge is -2.21. The molecule has 2 N–H and O–H groups in total. The summed E-state index contributed by atoms with van der Waals surface area (Å²) in [4.78, 5) is 2.48. The molecule has 0 radical (unpaired) electrons. The number of nitrogens with zero attached hydrogens (tertiary/aromatic N) is 2. The summed E-state index contributed by atoms with van der Waals surface area (Å²) < 4.78 is 63.0. The number of aliphatic hydroxyl groups is 2. The average Bonchev–Trinajstić information content (AvgIpc) is 2.81. The van der Waals surface area contributed by atoms with Crippen molar-refractivity contribution in [3.8, 4) is 0 Å². The Morgan fingerprint density at radius 3 is 2.50 bits per heavy atom. The van der Waals surface area contributed by atoms with Gasteiger partial charge in [-0.3, -0.25) is 0 Å². The van der Waals surface area contributed by atoms with Crippen molar-refractivity contribution >= 4 is 21.6 Å². The number of alkyl halides is 3. The first-order valence-corrected chi connectivity index (χ1v) is 7.88. The van der Waals surface area contributed by atoms with Crippen LogP contribution in [-0.2, 0) is 16.2 Å². The second-order valence-electron chi connectivity index (χ2n) is 4.95. The van der Waals surface area contributed by atoms with Crippen LogP contribution >= 0.6 is 11.6 Å². The van der Waals surface area contributed by atoms with E-state index in [9.17, 15) is 26.7 Å². The van der Waals surface area contributed by atoms with Crippen LogP contribution in [0.1, 0.15) is 12.1 Å². The van der Waals surface area contributed by atoms with Gasteiger partial charge in [0.15, 0.2) is 0 Å². The number of aromatic nitrogens is 1. The highest BCUT2D eigenvalue weighted by Gasteiger charge is 2.42. The minimum absolute atomic E-state index is 0.00835. The normalized spacial score (nSPS) is 23.9. The van der Waals surface area contributed by atoms with Crippen LogP contribution < -0.4 is 0 Å². The summed E-state index contributed by atoms with van der Waals surface area (Å²) in [6, 6.07) is 1.25. The van der Waals surface area contributed by atoms with Crippen molar-refractivity contribution in [1.29, 1.82) is 0 Å². The fourth-order valence-corrected chi connectivity index (χ4v) is 4.03. The fraction of sp³-hybridized carbons (Fsp3) is 0.545. The van der Waals surface area contributed by atoms with Crippen LogP contribution in [0.15, 0.2) is 17.0 Å². The predicted molar refractivity (Wildman–Crippen MR) is 69.7 cm³/mol. The van der Waals surface area contributed by atoms with E-state index in [1.54, 1.807) is 0 Å². The molecule has 2 heterocycles. The molecule has 0 aromatic carbocycles. The highest BCUT2D eigenvalue weighted by atomic mass is 35.5. The Bertz CT molecular complexity index is 682. The highest BCUT2D eigenvalue weighted by molar-refractivity contribution is 7.89. The second-order valence-corrected chi connectivity index (χ2v) is 7.22. The van der Waals surface area contributed by atoms with Gasteiger partial charge in [0.05, 0.1) is 6.61 Å². The average molecular weight is 361 g/mol. The van der Waals surface area contributed by atoms with Crippen molar-refractivity contribution in [2.24, 2.45) is 0 Å². The molecule has 1 aliphatic heterocycles. The minimum atomic E-state index is -4.74. The monoisotopic (exact) mass is 360 g/mol. The summed E-state index contributed by atoms with van der Waals surface area (Å²) in [6.45, 7) is -1.09. The molecule has 0 amide bonds. The van der Waals surface area contributed by atoms with Crippen molar-refractivity contribution < 1.29 is 31.8 Å². The summed E-state index contributed by atoms with van der Waals surface area (Å²) >= 11 is 5.57. The van der Waals surface area contributed by atoms with Crippen molar-refractivity contribution in [2.75, 3.05) is 19.7 Å². The Morgan fingerprint density at radius 2 is 2.05 bits per heavy atom. The molecule has 1 atom stereocenters. The zero-order valence-electron chi connectivity index (χ0n) is 11.0. The van der Waals surface area contributed by atoms with E-state index in [2.05, 4.69) is 4.98 Å². The minimum Gasteiger partial charge on any atom is -0.393 e. The van der Waals surface area contributed by atoms with Gasteiger partial charge < -0.3 is 10.2 Å². The molecular formula is C11H12ClF3N2O4S. The van der Waals surface area contributed by atoms with Gasteiger partial charge in [0.25, 0.3) is 0 Å². The third-order valence-corrected chi connectivity index (χ3v) is 5.59. The number of sulfonamides is 1. The molecule has 1 fully saturated rings. The van der Waals surface area contributed by atoms with Crippen molar-refractivity contribution in [2.45, 2.75) is 23.1 Å². The van der Waals surface area contributed by atoms with Gasteiger partial charge in [0.2, 0.25) is 10.0 Å². The lowest BCUT2D eigenvalue weighted by atomic mass is 10.1. The molecular weight excluding hydrogens is 349 g/mol. The predicted octanol–water partition coefficient (Wildman–Crippen LogP) is 0.872. The molecule has 1 aromatic rings. The Kier molecular flexibility index (Phi) is 4.44. The molecule has 1 saturated heterocycles. The third kappa shape index (κ3) is 3.20. The molecule has 124 valence electrons. The summed E-state index contributed by atoms with van der Waals surface area (Å²) in [5, 5.41) is 18.1. The van der Waals surface area contributed by atoms with E-state index < -0.39 is 44.2 Å². The van der Waals surface area contributed by atoms with Crippen LogP contribution in [0, 0.1) is 0 Å². The maximum absolute atomic E-state index is 12.5. The first-order chi connectivity index (χ1) is 9.99. The fourth-order valence-electron chi connectivity index (χ4n) is 2.06. The molecule has 11 heteroatoms. The van der Waals surface area contributed by atoms with Gasteiger partial charge in [0.1, 0.15) is 21.3 Å².